The fourth-order valence-electron chi connectivity index (χ4n) is 14.3. The molecule has 2 aliphatic rings. The quantitative estimate of drug-likeness (QED) is 0.0232. The van der Waals surface area contributed by atoms with Gasteiger partial charge in [-0.05, 0) is 123 Å². The van der Waals surface area contributed by atoms with Gasteiger partial charge >= 0.3 is 0 Å². The van der Waals surface area contributed by atoms with Gasteiger partial charge in [-0.1, -0.05) is 50.1 Å². The predicted octanol–water partition coefficient (Wildman–Crippen LogP) is 6.67. The molecule has 0 spiro atoms. The van der Waals surface area contributed by atoms with E-state index in [0.717, 1.165) is 82.3 Å². The molecule has 0 saturated heterocycles. The molecule has 2 aromatic rings. The Kier molecular flexibility index (Phi) is 79.3. The van der Waals surface area contributed by atoms with E-state index >= 15 is 0 Å². The lowest BCUT2D eigenvalue weighted by atomic mass is 9.79. The number of benzene rings is 2. The summed E-state index contributed by atoms with van der Waals surface area (Å²) in [5.41, 5.74) is 9.95. The summed E-state index contributed by atoms with van der Waals surface area (Å²) < 4.78 is 171. The van der Waals surface area contributed by atoms with E-state index in [0.29, 0.717) is 349 Å². The number of ether oxygens (including phenoxy) is 24. The number of carbonyl (C=O) groups is 2. The number of hydrogen-bond donors (Lipinski definition) is 4. The highest BCUT2D eigenvalue weighted by Gasteiger charge is 2.45. The van der Waals surface area contributed by atoms with Crippen molar-refractivity contribution in [2.45, 2.75) is 154 Å². The van der Waals surface area contributed by atoms with Gasteiger partial charge in [0, 0.05) is 80.9 Å². The van der Waals surface area contributed by atoms with E-state index in [1.54, 1.807) is 24.1 Å². The summed E-state index contributed by atoms with van der Waals surface area (Å²) in [4.78, 5) is 29.1. The Morgan fingerprint density at radius 1 is 0.418 bits per heavy atom. The zero-order valence-electron chi connectivity index (χ0n) is 83.6. The number of nitrogens with zero attached hydrogens (tertiary/aromatic N) is 2. The number of methoxy groups -OCH3 is 1. The zero-order chi connectivity index (χ0) is 96.8. The van der Waals surface area contributed by atoms with Crippen LogP contribution < -0.4 is 26.2 Å². The van der Waals surface area contributed by atoms with Gasteiger partial charge in [0.05, 0.1) is 347 Å². The van der Waals surface area contributed by atoms with Crippen LogP contribution in [0.5, 0.6) is 0 Å². The van der Waals surface area contributed by atoms with E-state index in [2.05, 4.69) is 124 Å². The number of hydrogen-bond acceptors (Lipinski definition) is 30. The fraction of sp³-hybridized carbons (Fsp3) is 0.806. The van der Waals surface area contributed by atoms with Crippen LogP contribution >= 0.6 is 0 Å². The van der Waals surface area contributed by atoms with E-state index < -0.39 is 15.5 Å². The first kappa shape index (κ1) is 123. The Balaban J connectivity index is 0.00000633. The fourth-order valence-corrected chi connectivity index (χ4v) is 14.8. The van der Waals surface area contributed by atoms with Crippen molar-refractivity contribution in [3.8, 4) is 0 Å². The SMILES string of the molecule is CC[NH+](CC)CC.COCCOCCOCCOCCOCCOCCOCCOCCOCCOCCOCCOCCOCCOCCOCCOCCOCCOCCOCCOCCOCCOCCOCCOCCNC(=O)CCCCCN1c2ccc(S(=O)(=O)[O-])cc2C(C)(C)C1CC=CC=CC1=[N+](CCCCCC(=O)NCCCCC[NH3+])c2ccc(C)cc2C1(C)C. The van der Waals surface area contributed by atoms with Crippen molar-refractivity contribution in [1.82, 2.24) is 10.6 Å². The number of aryl methyl sites for hydroxylation is 1. The highest BCUT2D eigenvalue weighted by Crippen LogP contribution is 2.48. The van der Waals surface area contributed by atoms with Gasteiger partial charge in [0.2, 0.25) is 17.5 Å². The largest absolute Gasteiger partial charge is 0.744 e. The van der Waals surface area contributed by atoms with Crippen LogP contribution in [-0.4, -0.2) is 411 Å². The molecular formula is C98H178N6O29S+2. The minimum Gasteiger partial charge on any atom is -0.744 e. The Labute approximate surface area is 803 Å². The lowest BCUT2D eigenvalue weighted by Gasteiger charge is -2.34. The second-order valence-electron chi connectivity index (χ2n) is 32.9. The lowest BCUT2D eigenvalue weighted by Crippen LogP contribution is -3.11. The molecule has 1 atom stereocenters. The van der Waals surface area contributed by atoms with E-state index in [4.69, 9.17) is 114 Å². The van der Waals surface area contributed by atoms with Crippen LogP contribution in [0.3, 0.4) is 0 Å². The molecule has 0 aliphatic carbocycles. The Morgan fingerprint density at radius 2 is 0.754 bits per heavy atom. The molecule has 0 saturated carbocycles. The second-order valence-corrected chi connectivity index (χ2v) is 34.3. The van der Waals surface area contributed by atoms with Crippen LogP contribution in [0.2, 0.25) is 0 Å². The lowest BCUT2D eigenvalue weighted by molar-refractivity contribution is -0.894. The predicted molar refractivity (Wildman–Crippen MR) is 513 cm³/mol. The van der Waals surface area contributed by atoms with Crippen molar-refractivity contribution in [2.75, 3.05) is 375 Å². The number of fused-ring (bicyclic) bond motifs is 2. The van der Waals surface area contributed by atoms with Gasteiger partial charge in [-0.25, -0.2) is 8.42 Å². The van der Waals surface area contributed by atoms with Gasteiger partial charge in [-0.15, -0.1) is 0 Å². The zero-order valence-corrected chi connectivity index (χ0v) is 84.4. The average molecular weight is 1940 g/mol. The van der Waals surface area contributed by atoms with Crippen molar-refractivity contribution in [1.29, 1.82) is 0 Å². The first-order valence-electron chi connectivity index (χ1n) is 49.4. The number of nitrogens with one attached hydrogen (secondary N) is 3. The van der Waals surface area contributed by atoms with Crippen LogP contribution in [0.25, 0.3) is 0 Å². The number of carbonyl (C=O) groups excluding carboxylic acids is 2. The third kappa shape index (κ3) is 63.8. The molecular weight excluding hydrogens is 1760 g/mol. The number of quaternary nitrogens is 2. The van der Waals surface area contributed by atoms with E-state index in [9.17, 15) is 22.6 Å². The molecule has 2 heterocycles. The number of allylic oxidation sites excluding steroid dienone is 3. The Hall–Kier alpha value is -4.80. The van der Waals surface area contributed by atoms with Gasteiger partial charge in [0.1, 0.15) is 16.7 Å². The molecule has 2 aromatic carbocycles. The normalized spacial score (nSPS) is 14.1. The molecule has 4 rings (SSSR count). The summed E-state index contributed by atoms with van der Waals surface area (Å²) in [5, 5.41) is 6.03. The van der Waals surface area contributed by atoms with E-state index in [1.807, 2.05) is 0 Å². The van der Waals surface area contributed by atoms with E-state index in [-0.39, 0.29) is 28.2 Å². The molecule has 0 aromatic heterocycles. The first-order valence-corrected chi connectivity index (χ1v) is 50.8. The summed E-state index contributed by atoms with van der Waals surface area (Å²) in [6.45, 7) is 47.4. The van der Waals surface area contributed by atoms with Gasteiger partial charge in [0.25, 0.3) is 0 Å². The van der Waals surface area contributed by atoms with Crippen LogP contribution in [0.15, 0.2) is 65.6 Å². The Morgan fingerprint density at radius 3 is 1.09 bits per heavy atom. The minimum absolute atomic E-state index is 0.0123. The number of anilines is 1. The molecule has 0 fully saturated rings. The summed E-state index contributed by atoms with van der Waals surface area (Å²) in [5.74, 6) is 0.0988. The highest BCUT2D eigenvalue weighted by atomic mass is 32.2. The molecule has 35 nitrogen and oxygen atoms in total. The molecule has 2 aliphatic heterocycles. The average Bonchev–Trinajstić information content (AvgIpc) is 1.60. The summed E-state index contributed by atoms with van der Waals surface area (Å²) >= 11 is 0. The summed E-state index contributed by atoms with van der Waals surface area (Å²) in [7, 11) is -3.01. The van der Waals surface area contributed by atoms with Gasteiger partial charge in [-0.2, -0.15) is 4.58 Å². The minimum atomic E-state index is -4.65. The van der Waals surface area contributed by atoms with Crippen molar-refractivity contribution >= 4 is 39.0 Å². The molecule has 6 N–H and O–H groups in total. The van der Waals surface area contributed by atoms with Crippen molar-refractivity contribution < 1.29 is 151 Å². The maximum absolute atomic E-state index is 12.8. The smallest absolute Gasteiger partial charge is 0.220 e. The first-order chi connectivity index (χ1) is 65.5. The van der Waals surface area contributed by atoms with Gasteiger partial charge in [0.15, 0.2) is 5.71 Å². The van der Waals surface area contributed by atoms with Crippen LogP contribution in [0, 0.1) is 6.92 Å². The maximum atomic E-state index is 12.8. The molecule has 134 heavy (non-hydrogen) atoms. The van der Waals surface area contributed by atoms with Crippen LogP contribution in [0.1, 0.15) is 142 Å². The molecule has 36 heteroatoms. The third-order valence-electron chi connectivity index (χ3n) is 21.9. The number of unbranched alkanes of at least 4 members (excludes halogenated alkanes) is 6. The monoisotopic (exact) mass is 1940 g/mol. The van der Waals surface area contributed by atoms with E-state index in [1.165, 1.54) is 48.2 Å². The highest BCUT2D eigenvalue weighted by molar-refractivity contribution is 7.85. The van der Waals surface area contributed by atoms with Gasteiger partial charge in [-0.3, -0.25) is 9.59 Å². The molecule has 0 radical (unpaired) electrons. The van der Waals surface area contributed by atoms with Crippen LogP contribution in [0.4, 0.5) is 11.4 Å². The Bertz CT molecular complexity index is 3310. The third-order valence-corrected chi connectivity index (χ3v) is 22.7. The van der Waals surface area contributed by atoms with Crippen molar-refractivity contribution in [3.05, 3.63) is 77.4 Å². The molecule has 0 bridgehead atoms. The topological polar surface area (TPSA) is 375 Å². The molecule has 778 valence electrons. The second kappa shape index (κ2) is 86.1. The van der Waals surface area contributed by atoms with Crippen molar-refractivity contribution in [2.24, 2.45) is 0 Å². The maximum Gasteiger partial charge on any atom is 0.220 e. The number of amides is 2. The summed E-state index contributed by atoms with van der Waals surface area (Å²) in [6.07, 6.45) is 18.6. The number of rotatable bonds is 97. The van der Waals surface area contributed by atoms with Crippen LogP contribution in [-0.2, 0) is 144 Å². The van der Waals surface area contributed by atoms with Crippen molar-refractivity contribution in [3.63, 3.8) is 0 Å². The molecule has 1 unspecified atom stereocenters. The van der Waals surface area contributed by atoms with Gasteiger partial charge < -0.3 is 144 Å². The summed E-state index contributed by atoms with van der Waals surface area (Å²) in [6, 6.07) is 11.4. The standard InChI is InChI=1S/C92H161N5O29S.C6H15N/c1-81-23-25-85-83(79-81)91(2,3)87(96(85)30-17-8-13-21-89(98)94-28-16-10-15-27-93)19-11-7-12-20-88-92(4,5)84-80-82(127(100,101)102)24-26-86(84)97(88)31-18-9-14-22-90(99)95-29-32-104-35-36-106-39-40-108-43-44-110-47-48-112-51-52-114-55-56-116-59-60-118-63-64-120-67-68-122-71-72-124-75-76-126-78-77-125-74-73-123-70-69-121-66-65-119-62-61-117-58-57-115-54-53-113-50-49-111-46-45-109-42-41-107-38-37-105-34-33-103-6;1-4-7(5-2)6-3/h7,11-12,19,23-26,79-80,88H,8-10,13-18,20-22,27-78,93H2,1-6H3,(H2-,94,95,98,99,100,101,102);4-6H2,1-3H3/p+2. The molecule has 2 amide bonds.